The molecule has 0 unspecified atom stereocenters. The zero-order valence-electron chi connectivity index (χ0n) is 13.1. The fourth-order valence-corrected chi connectivity index (χ4v) is 4.38. The van der Waals surface area contributed by atoms with E-state index in [0.29, 0.717) is 12.5 Å². The van der Waals surface area contributed by atoms with Gasteiger partial charge in [-0.2, -0.15) is 0 Å². The van der Waals surface area contributed by atoms with Crippen LogP contribution in [0, 0.1) is 18.3 Å². The van der Waals surface area contributed by atoms with Gasteiger partial charge in [0, 0.05) is 24.0 Å². The van der Waals surface area contributed by atoms with Crippen LogP contribution in [0.5, 0.6) is 5.75 Å². The van der Waals surface area contributed by atoms with E-state index in [0.717, 1.165) is 34.9 Å². The van der Waals surface area contributed by atoms with Crippen LogP contribution in [0.2, 0.25) is 0 Å². The second kappa shape index (κ2) is 4.96. The average molecular weight is 330 g/mol. The number of aryl methyl sites for hydroxylation is 1. The smallest absolute Gasteiger partial charge is 0.313 e. The molecule has 5 nitrogen and oxygen atoms in total. The lowest BCUT2D eigenvalue weighted by atomic mass is 10.1. The molecular formula is C17H18N2O3S. The van der Waals surface area contributed by atoms with Gasteiger partial charge in [0.15, 0.2) is 5.13 Å². The van der Waals surface area contributed by atoms with Crippen LogP contribution in [0.3, 0.4) is 0 Å². The molecule has 1 aliphatic carbocycles. The first-order valence-corrected chi connectivity index (χ1v) is 8.51. The Morgan fingerprint density at radius 2 is 2.35 bits per heavy atom. The molecule has 1 saturated carbocycles. The number of benzene rings is 1. The van der Waals surface area contributed by atoms with E-state index < -0.39 is 0 Å². The van der Waals surface area contributed by atoms with Crippen LogP contribution in [0.4, 0.5) is 5.13 Å². The van der Waals surface area contributed by atoms with E-state index in [9.17, 15) is 9.90 Å². The number of aromatic nitrogens is 1. The van der Waals surface area contributed by atoms with Gasteiger partial charge >= 0.3 is 5.97 Å². The number of hydrogen-bond acceptors (Lipinski definition) is 6. The van der Waals surface area contributed by atoms with Crippen molar-refractivity contribution in [1.29, 1.82) is 0 Å². The van der Waals surface area contributed by atoms with Crippen LogP contribution < -0.4 is 4.90 Å². The maximum Gasteiger partial charge on any atom is 0.313 e. The molecule has 0 amide bonds. The number of phenolic OH excluding ortho intramolecular Hbond substituents is 1. The van der Waals surface area contributed by atoms with Gasteiger partial charge in [0.25, 0.3) is 0 Å². The van der Waals surface area contributed by atoms with Crippen molar-refractivity contribution in [3.8, 4) is 17.0 Å². The molecular weight excluding hydrogens is 312 g/mol. The molecule has 6 heteroatoms. The maximum absolute atomic E-state index is 12.0. The van der Waals surface area contributed by atoms with E-state index in [4.69, 9.17) is 4.74 Å². The number of anilines is 1. The highest BCUT2D eigenvalue weighted by Gasteiger charge is 2.66. The van der Waals surface area contributed by atoms with Gasteiger partial charge in [-0.05, 0) is 30.9 Å². The number of thiazole rings is 1. The predicted octanol–water partition coefficient (Wildman–Crippen LogP) is 2.82. The second-order valence-corrected chi connectivity index (χ2v) is 7.25. The summed E-state index contributed by atoms with van der Waals surface area (Å²) in [5.74, 6) is 0.562. The number of aromatic hydroxyl groups is 1. The third-order valence-corrected chi connectivity index (χ3v) is 5.92. The Labute approximate surface area is 138 Å². The predicted molar refractivity (Wildman–Crippen MR) is 88.7 cm³/mol. The number of carbonyl (C=O) groups excluding carboxylic acids is 1. The van der Waals surface area contributed by atoms with Crippen LogP contribution >= 0.6 is 11.3 Å². The third kappa shape index (κ3) is 2.12. The van der Waals surface area contributed by atoms with Crippen LogP contribution in [-0.4, -0.2) is 36.3 Å². The number of fused-ring (bicyclic) bond motifs is 1. The molecule has 120 valence electrons. The van der Waals surface area contributed by atoms with E-state index in [1.54, 1.807) is 11.3 Å². The molecule has 1 aromatic carbocycles. The average Bonchev–Trinajstić information content (AvgIpc) is 2.92. The Balaban J connectivity index is 1.58. The van der Waals surface area contributed by atoms with E-state index in [1.807, 2.05) is 30.5 Å². The topological polar surface area (TPSA) is 62.7 Å². The normalized spacial score (nSPS) is 25.3. The molecule has 0 bridgehead atoms. The number of rotatable bonds is 3. The Bertz CT molecular complexity index is 788. The van der Waals surface area contributed by atoms with E-state index in [-0.39, 0.29) is 17.1 Å². The van der Waals surface area contributed by atoms with Gasteiger partial charge in [-0.15, -0.1) is 11.3 Å². The lowest BCUT2D eigenvalue weighted by Gasteiger charge is -2.18. The molecule has 1 N–H and O–H groups in total. The Hall–Kier alpha value is -2.08. The number of phenols is 1. The number of para-hydroxylation sites is 1. The number of carbonyl (C=O) groups is 1. The number of esters is 1. The molecule has 0 radical (unpaired) electrons. The van der Waals surface area contributed by atoms with Gasteiger partial charge in [0.05, 0.1) is 18.2 Å². The molecule has 1 aromatic heterocycles. The van der Waals surface area contributed by atoms with Gasteiger partial charge < -0.3 is 14.7 Å². The lowest BCUT2D eigenvalue weighted by molar-refractivity contribution is -0.146. The van der Waals surface area contributed by atoms with Crippen LogP contribution in [0.1, 0.15) is 12.0 Å². The standard InChI is InChI=1S/C17H18N2O3S/c1-10-4-3-5-12(14(10)20)13-8-23-16(18-13)19-7-11-6-17(11,9-19)15(21)22-2/h3-5,8,11,20H,6-7,9H2,1-2H3/t11-,17-/m0/s1. The van der Waals surface area contributed by atoms with Crippen molar-refractivity contribution in [2.45, 2.75) is 13.3 Å². The zero-order valence-corrected chi connectivity index (χ0v) is 13.9. The maximum atomic E-state index is 12.0. The molecule has 2 aromatic rings. The summed E-state index contributed by atoms with van der Waals surface area (Å²) in [6, 6.07) is 5.67. The summed E-state index contributed by atoms with van der Waals surface area (Å²) in [6.07, 6.45) is 0.924. The number of piperidine rings is 1. The monoisotopic (exact) mass is 330 g/mol. The van der Waals surface area contributed by atoms with Crippen molar-refractivity contribution < 1.29 is 14.6 Å². The van der Waals surface area contributed by atoms with Crippen molar-refractivity contribution in [3.05, 3.63) is 29.1 Å². The first kappa shape index (κ1) is 14.5. The van der Waals surface area contributed by atoms with Gasteiger partial charge in [0.1, 0.15) is 5.75 Å². The minimum atomic E-state index is -0.313. The summed E-state index contributed by atoms with van der Waals surface area (Å²) >= 11 is 1.55. The highest BCUT2D eigenvalue weighted by molar-refractivity contribution is 7.14. The molecule has 2 fully saturated rings. The van der Waals surface area contributed by atoms with Crippen LogP contribution in [0.25, 0.3) is 11.3 Å². The quantitative estimate of drug-likeness (QED) is 0.877. The molecule has 2 atom stereocenters. The summed E-state index contributed by atoms with van der Waals surface area (Å²) in [6.45, 7) is 3.40. The number of hydrogen-bond donors (Lipinski definition) is 1. The Kier molecular flexibility index (Phi) is 3.13. The molecule has 2 aliphatic rings. The molecule has 23 heavy (non-hydrogen) atoms. The van der Waals surface area contributed by atoms with Gasteiger partial charge in [-0.3, -0.25) is 4.79 Å². The second-order valence-electron chi connectivity index (χ2n) is 6.42. The Morgan fingerprint density at radius 1 is 1.52 bits per heavy atom. The summed E-state index contributed by atoms with van der Waals surface area (Å²) in [5.41, 5.74) is 2.05. The fourth-order valence-electron chi connectivity index (χ4n) is 3.55. The highest BCUT2D eigenvalue weighted by Crippen LogP contribution is 2.59. The van der Waals surface area contributed by atoms with E-state index >= 15 is 0 Å². The van der Waals surface area contributed by atoms with Crippen molar-refractivity contribution >= 4 is 22.4 Å². The van der Waals surface area contributed by atoms with Crippen LogP contribution in [0.15, 0.2) is 23.6 Å². The van der Waals surface area contributed by atoms with Crippen molar-refractivity contribution in [2.75, 3.05) is 25.1 Å². The van der Waals surface area contributed by atoms with Gasteiger partial charge in [-0.1, -0.05) is 12.1 Å². The van der Waals surface area contributed by atoms with Crippen LogP contribution in [-0.2, 0) is 9.53 Å². The summed E-state index contributed by atoms with van der Waals surface area (Å²) in [7, 11) is 1.46. The number of nitrogens with zero attached hydrogens (tertiary/aromatic N) is 2. The lowest BCUT2D eigenvalue weighted by Crippen LogP contribution is -2.29. The zero-order chi connectivity index (χ0) is 16.2. The summed E-state index contributed by atoms with van der Waals surface area (Å²) in [5, 5.41) is 13.1. The molecule has 0 spiro atoms. The van der Waals surface area contributed by atoms with Crippen molar-refractivity contribution in [3.63, 3.8) is 0 Å². The van der Waals surface area contributed by atoms with Crippen molar-refractivity contribution in [1.82, 2.24) is 4.98 Å². The van der Waals surface area contributed by atoms with Crippen molar-refractivity contribution in [2.24, 2.45) is 11.3 Å². The first-order valence-electron chi connectivity index (χ1n) is 7.63. The SMILES string of the molecule is COC(=O)[C@]12C[C@H]1CN(c1nc(-c3cccc(C)c3O)cs1)C2. The first-order chi connectivity index (χ1) is 11.0. The minimum absolute atomic E-state index is 0.0990. The fraction of sp³-hybridized carbons (Fsp3) is 0.412. The van der Waals surface area contributed by atoms with Gasteiger partial charge in [-0.25, -0.2) is 4.98 Å². The summed E-state index contributed by atoms with van der Waals surface area (Å²) < 4.78 is 4.95. The Morgan fingerprint density at radius 3 is 3.13 bits per heavy atom. The largest absolute Gasteiger partial charge is 0.507 e. The molecule has 4 rings (SSSR count). The molecule has 1 saturated heterocycles. The van der Waals surface area contributed by atoms with E-state index in [1.165, 1.54) is 7.11 Å². The number of ether oxygens (including phenoxy) is 1. The minimum Gasteiger partial charge on any atom is -0.507 e. The summed E-state index contributed by atoms with van der Waals surface area (Å²) in [4.78, 5) is 18.8. The van der Waals surface area contributed by atoms with Gasteiger partial charge in [0.2, 0.25) is 0 Å². The highest BCUT2D eigenvalue weighted by atomic mass is 32.1. The number of methoxy groups -OCH3 is 1. The molecule has 2 heterocycles. The van der Waals surface area contributed by atoms with E-state index in [2.05, 4.69) is 9.88 Å². The third-order valence-electron chi connectivity index (χ3n) is 5.01. The molecule has 1 aliphatic heterocycles.